The molecule has 0 aromatic carbocycles. The van der Waals surface area contributed by atoms with E-state index in [4.69, 9.17) is 0 Å². The number of likely N-dealkylation sites (N-methyl/N-ethyl adjacent to an activating group) is 1. The zero-order chi connectivity index (χ0) is 12.5. The fraction of sp³-hybridized carbons (Fsp3) is 0.571. The van der Waals surface area contributed by atoms with Gasteiger partial charge in [-0.15, -0.1) is 11.3 Å². The van der Waals surface area contributed by atoms with Crippen LogP contribution in [0.1, 0.15) is 30.3 Å². The van der Waals surface area contributed by atoms with Crippen molar-refractivity contribution in [2.75, 3.05) is 6.54 Å². The molecular weight excluding hydrogens is 242 g/mol. The first-order chi connectivity index (χ1) is 8.78. The first-order valence-electron chi connectivity index (χ1n) is 6.71. The van der Waals surface area contributed by atoms with Crippen LogP contribution in [0.4, 0.5) is 0 Å². The Morgan fingerprint density at radius 2 is 2.28 bits per heavy atom. The summed E-state index contributed by atoms with van der Waals surface area (Å²) < 4.78 is 0. The van der Waals surface area contributed by atoms with E-state index in [2.05, 4.69) is 35.2 Å². The molecule has 2 aromatic rings. The van der Waals surface area contributed by atoms with Gasteiger partial charge in [-0.05, 0) is 38.3 Å². The van der Waals surface area contributed by atoms with Gasteiger partial charge in [-0.2, -0.15) is 0 Å². The van der Waals surface area contributed by atoms with Gasteiger partial charge in [-0.25, -0.2) is 9.97 Å². The van der Waals surface area contributed by atoms with Crippen LogP contribution >= 0.6 is 11.3 Å². The fourth-order valence-electron chi connectivity index (χ4n) is 2.56. The highest BCUT2D eigenvalue weighted by molar-refractivity contribution is 7.18. The molecule has 3 nitrogen and oxygen atoms in total. The van der Waals surface area contributed by atoms with Crippen molar-refractivity contribution in [1.82, 2.24) is 15.3 Å². The van der Waals surface area contributed by atoms with Crippen LogP contribution in [0.15, 0.2) is 12.4 Å². The third kappa shape index (κ3) is 2.40. The number of hydrogen-bond donors (Lipinski definition) is 1. The molecule has 0 aliphatic heterocycles. The Balaban J connectivity index is 1.88. The molecule has 3 rings (SSSR count). The minimum Gasteiger partial charge on any atom is -0.314 e. The first-order valence-corrected chi connectivity index (χ1v) is 7.53. The Bertz CT molecular complexity index is 545. The molecule has 1 unspecified atom stereocenters. The summed E-state index contributed by atoms with van der Waals surface area (Å²) in [6.07, 6.45) is 5.49. The molecule has 0 spiro atoms. The summed E-state index contributed by atoms with van der Waals surface area (Å²) >= 11 is 1.76. The minimum absolute atomic E-state index is 0.591. The van der Waals surface area contributed by atoms with Gasteiger partial charge in [0.1, 0.15) is 11.2 Å². The second kappa shape index (κ2) is 4.94. The average molecular weight is 261 g/mol. The second-order valence-corrected chi connectivity index (χ2v) is 6.34. The molecule has 2 aromatic heterocycles. The molecule has 0 bridgehead atoms. The highest BCUT2D eigenvalue weighted by atomic mass is 32.1. The van der Waals surface area contributed by atoms with Crippen molar-refractivity contribution in [3.63, 3.8) is 0 Å². The number of aryl methyl sites for hydroxylation is 1. The monoisotopic (exact) mass is 261 g/mol. The molecule has 1 aliphatic rings. The maximum Gasteiger partial charge on any atom is 0.127 e. The van der Waals surface area contributed by atoms with E-state index in [1.807, 2.05) is 0 Å². The second-order valence-electron chi connectivity index (χ2n) is 5.10. The summed E-state index contributed by atoms with van der Waals surface area (Å²) in [5, 5.41) is 4.86. The van der Waals surface area contributed by atoms with Crippen molar-refractivity contribution in [2.45, 2.75) is 39.2 Å². The Kier molecular flexibility index (Phi) is 3.31. The smallest absolute Gasteiger partial charge is 0.127 e. The van der Waals surface area contributed by atoms with Gasteiger partial charge >= 0.3 is 0 Å². The molecule has 0 saturated heterocycles. The van der Waals surface area contributed by atoms with E-state index in [1.54, 1.807) is 17.7 Å². The first kappa shape index (κ1) is 12.1. The van der Waals surface area contributed by atoms with Crippen molar-refractivity contribution in [3.05, 3.63) is 23.0 Å². The highest BCUT2D eigenvalue weighted by Crippen LogP contribution is 2.35. The number of rotatable bonds is 5. The van der Waals surface area contributed by atoms with Gasteiger partial charge in [0.25, 0.3) is 0 Å². The zero-order valence-corrected chi connectivity index (χ0v) is 11.8. The van der Waals surface area contributed by atoms with E-state index < -0.39 is 0 Å². The summed E-state index contributed by atoms with van der Waals surface area (Å²) in [5.74, 6) is 0.856. The van der Waals surface area contributed by atoms with Gasteiger partial charge in [-0.3, -0.25) is 0 Å². The quantitative estimate of drug-likeness (QED) is 0.899. The number of nitrogens with zero attached hydrogens (tertiary/aromatic N) is 2. The van der Waals surface area contributed by atoms with Crippen molar-refractivity contribution in [2.24, 2.45) is 5.92 Å². The predicted octanol–water partition coefficient (Wildman–Crippen LogP) is 2.93. The van der Waals surface area contributed by atoms with Gasteiger partial charge in [-0.1, -0.05) is 6.92 Å². The predicted molar refractivity (Wildman–Crippen MR) is 76.0 cm³/mol. The molecule has 1 N–H and O–H groups in total. The van der Waals surface area contributed by atoms with E-state index in [1.165, 1.54) is 28.8 Å². The molecule has 1 saturated carbocycles. The lowest BCUT2D eigenvalue weighted by Gasteiger charge is -2.16. The Hall–Kier alpha value is -1.00. The average Bonchev–Trinajstić information content (AvgIpc) is 3.11. The maximum absolute atomic E-state index is 4.51. The largest absolute Gasteiger partial charge is 0.314 e. The van der Waals surface area contributed by atoms with Gasteiger partial charge in [0.15, 0.2) is 0 Å². The molecule has 1 atom stereocenters. The summed E-state index contributed by atoms with van der Waals surface area (Å²) in [7, 11) is 0. The third-order valence-electron chi connectivity index (χ3n) is 3.61. The van der Waals surface area contributed by atoms with E-state index in [-0.39, 0.29) is 0 Å². The van der Waals surface area contributed by atoms with Gasteiger partial charge in [0.05, 0.1) is 5.69 Å². The van der Waals surface area contributed by atoms with Crippen LogP contribution in [0.25, 0.3) is 10.2 Å². The number of nitrogens with one attached hydrogen (secondary N) is 1. The van der Waals surface area contributed by atoms with E-state index in [0.29, 0.717) is 6.04 Å². The highest BCUT2D eigenvalue weighted by Gasteiger charge is 2.31. The van der Waals surface area contributed by atoms with Crippen LogP contribution in [-0.2, 0) is 6.42 Å². The molecule has 2 heterocycles. The number of fused-ring (bicyclic) bond motifs is 1. The van der Waals surface area contributed by atoms with Gasteiger partial charge in [0, 0.05) is 22.7 Å². The van der Waals surface area contributed by atoms with E-state index >= 15 is 0 Å². The normalized spacial score (nSPS) is 17.2. The minimum atomic E-state index is 0.591. The summed E-state index contributed by atoms with van der Waals surface area (Å²) in [6.45, 7) is 5.36. The Morgan fingerprint density at radius 1 is 1.44 bits per heavy atom. The van der Waals surface area contributed by atoms with Crippen LogP contribution in [0.2, 0.25) is 0 Å². The van der Waals surface area contributed by atoms with Crippen LogP contribution in [0, 0.1) is 12.8 Å². The summed E-state index contributed by atoms with van der Waals surface area (Å²) in [4.78, 5) is 11.3. The summed E-state index contributed by atoms with van der Waals surface area (Å²) in [6, 6.07) is 2.82. The molecule has 0 radical (unpaired) electrons. The maximum atomic E-state index is 4.51. The van der Waals surface area contributed by atoms with Crippen LogP contribution < -0.4 is 5.32 Å². The number of thiophene rings is 1. The Morgan fingerprint density at radius 3 is 3.00 bits per heavy atom. The van der Waals surface area contributed by atoms with Crippen molar-refractivity contribution >= 4 is 21.6 Å². The van der Waals surface area contributed by atoms with E-state index in [0.717, 1.165) is 23.7 Å². The Labute approximate surface area is 112 Å². The number of hydrogen-bond acceptors (Lipinski definition) is 4. The topological polar surface area (TPSA) is 37.8 Å². The fourth-order valence-corrected chi connectivity index (χ4v) is 3.43. The molecule has 0 amide bonds. The number of aromatic nitrogens is 2. The SMILES string of the molecule is CCNC(Cc1ncnc2sc(C)cc12)C1CC1. The summed E-state index contributed by atoms with van der Waals surface area (Å²) in [5.41, 5.74) is 1.21. The molecular formula is C14H19N3S. The van der Waals surface area contributed by atoms with Crippen LogP contribution in [0.5, 0.6) is 0 Å². The van der Waals surface area contributed by atoms with Crippen LogP contribution in [0.3, 0.4) is 0 Å². The lowest BCUT2D eigenvalue weighted by Crippen LogP contribution is -2.33. The standard InChI is InChI=1S/C14H19N3S/c1-3-15-12(10-4-5-10)7-13-11-6-9(2)18-14(11)17-8-16-13/h6,8,10,12,15H,3-5,7H2,1-2H3. The van der Waals surface area contributed by atoms with Crippen molar-refractivity contribution in [3.8, 4) is 0 Å². The van der Waals surface area contributed by atoms with Gasteiger partial charge in [0.2, 0.25) is 0 Å². The molecule has 18 heavy (non-hydrogen) atoms. The zero-order valence-electron chi connectivity index (χ0n) is 10.9. The molecule has 1 fully saturated rings. The van der Waals surface area contributed by atoms with E-state index in [9.17, 15) is 0 Å². The van der Waals surface area contributed by atoms with Crippen molar-refractivity contribution < 1.29 is 0 Å². The molecule has 1 aliphatic carbocycles. The lowest BCUT2D eigenvalue weighted by molar-refractivity contribution is 0.469. The molecule has 4 heteroatoms. The van der Waals surface area contributed by atoms with Gasteiger partial charge < -0.3 is 5.32 Å². The van der Waals surface area contributed by atoms with Crippen molar-refractivity contribution in [1.29, 1.82) is 0 Å². The third-order valence-corrected chi connectivity index (χ3v) is 4.56. The lowest BCUT2D eigenvalue weighted by atomic mass is 10.0. The van der Waals surface area contributed by atoms with Crippen LogP contribution in [-0.4, -0.2) is 22.6 Å². The molecule has 96 valence electrons.